The first-order valence-corrected chi connectivity index (χ1v) is 30.0. The summed E-state index contributed by atoms with van der Waals surface area (Å²) in [5.41, 5.74) is 12.4. The maximum Gasteiger partial charge on any atom is -0.0380 e. The quantitative estimate of drug-likeness (QED) is 0.134. The Morgan fingerprint density at radius 2 is 0.714 bits per heavy atom. The smallest absolute Gasteiger partial charge is 0.0380 e. The summed E-state index contributed by atoms with van der Waals surface area (Å²) in [6, 6.07) is 100. The van der Waals surface area contributed by atoms with E-state index in [1.54, 1.807) is 0 Å². The summed E-state index contributed by atoms with van der Waals surface area (Å²) in [4.78, 5) is 0. The average molecular weight is 1020 g/mol. The SMILES string of the molecule is c1ccc(-n2c3ccccc3c3cc(-c4ccc5c(c4)c4ccccc4n5-c4cccc5c4[se]c4c(-c6ccc[c]([Ge]([c]7ccccc7)([c]7ccccc7)[c]7ccccc7)c6)cccc45)ccc32)cc1. The van der Waals surface area contributed by atoms with Gasteiger partial charge in [0.2, 0.25) is 0 Å². The molecule has 3 aromatic heterocycles. The van der Waals surface area contributed by atoms with E-state index in [1.807, 2.05) is 0 Å². The van der Waals surface area contributed by atoms with E-state index < -0.39 is 13.3 Å². The van der Waals surface area contributed by atoms with E-state index in [-0.39, 0.29) is 14.5 Å². The Hall–Kier alpha value is -7.92. The first kappa shape index (κ1) is 41.1. The number of nitrogens with zero attached hydrogens (tertiary/aromatic N) is 2. The Balaban J connectivity index is 0.925. The van der Waals surface area contributed by atoms with Crippen molar-refractivity contribution in [1.82, 2.24) is 9.13 Å². The van der Waals surface area contributed by atoms with Gasteiger partial charge in [-0.25, -0.2) is 0 Å². The minimum Gasteiger partial charge on any atom is -0.0602 e. The van der Waals surface area contributed by atoms with Crippen LogP contribution in [-0.4, -0.2) is 36.9 Å². The summed E-state index contributed by atoms with van der Waals surface area (Å²) in [5.74, 6) is 0. The van der Waals surface area contributed by atoms with E-state index in [2.05, 4.69) is 276 Å². The largest absolute Gasteiger partial charge is 0.0602 e. The van der Waals surface area contributed by atoms with Crippen molar-refractivity contribution in [2.75, 3.05) is 0 Å². The molecule has 70 heavy (non-hydrogen) atoms. The van der Waals surface area contributed by atoms with Gasteiger partial charge < -0.3 is 0 Å². The van der Waals surface area contributed by atoms with E-state index in [0.29, 0.717) is 0 Å². The summed E-state index contributed by atoms with van der Waals surface area (Å²) in [6.07, 6.45) is 0. The first-order valence-electron chi connectivity index (χ1n) is 24.1. The molecule has 2 nitrogen and oxygen atoms in total. The number of hydrogen-bond donors (Lipinski definition) is 0. The molecule has 0 fully saturated rings. The number of hydrogen-bond acceptors (Lipinski definition) is 0. The molecule has 0 saturated heterocycles. The van der Waals surface area contributed by atoms with Crippen molar-refractivity contribution >= 4 is 108 Å². The third kappa shape index (κ3) is 6.33. The summed E-state index contributed by atoms with van der Waals surface area (Å²) in [5, 5.41) is 7.76. The molecule has 3 heterocycles. The fourth-order valence-electron chi connectivity index (χ4n) is 11.6. The fraction of sp³-hybridized carbons (Fsp3) is 0. The number of benzene rings is 11. The van der Waals surface area contributed by atoms with Crippen LogP contribution in [0.25, 0.3) is 96.5 Å². The van der Waals surface area contributed by atoms with Gasteiger partial charge in [-0.3, -0.25) is 0 Å². The number of aromatic nitrogens is 2. The van der Waals surface area contributed by atoms with Crippen molar-refractivity contribution in [3.8, 4) is 33.6 Å². The van der Waals surface area contributed by atoms with Gasteiger partial charge in [0, 0.05) is 5.69 Å². The topological polar surface area (TPSA) is 9.86 Å². The molecule has 4 heteroatoms. The molecular weight excluding hydrogens is 972 g/mol. The zero-order chi connectivity index (χ0) is 46.2. The van der Waals surface area contributed by atoms with Gasteiger partial charge in [-0.2, -0.15) is 0 Å². The summed E-state index contributed by atoms with van der Waals surface area (Å²) in [6.45, 7) is 0. The Morgan fingerprint density at radius 3 is 1.31 bits per heavy atom. The number of fused-ring (bicyclic) bond motifs is 9. The molecule has 14 aromatic rings. The minimum absolute atomic E-state index is 0.0522. The molecule has 14 rings (SSSR count). The van der Waals surface area contributed by atoms with Crippen molar-refractivity contribution in [3.05, 3.63) is 267 Å². The van der Waals surface area contributed by atoms with Crippen LogP contribution in [0.15, 0.2) is 267 Å². The average Bonchev–Trinajstić information content (AvgIpc) is 4.10. The van der Waals surface area contributed by atoms with E-state index in [0.717, 1.165) is 0 Å². The molecular formula is C66H44GeN2Se. The van der Waals surface area contributed by atoms with Gasteiger partial charge in [-0.15, -0.1) is 0 Å². The van der Waals surface area contributed by atoms with Crippen molar-refractivity contribution in [1.29, 1.82) is 0 Å². The molecule has 0 atom stereocenters. The summed E-state index contributed by atoms with van der Waals surface area (Å²) in [7, 11) is 0. The molecule has 0 aliphatic carbocycles. The number of rotatable bonds is 8. The van der Waals surface area contributed by atoms with Crippen molar-refractivity contribution in [3.63, 3.8) is 0 Å². The van der Waals surface area contributed by atoms with Crippen molar-refractivity contribution in [2.45, 2.75) is 0 Å². The third-order valence-corrected chi connectivity index (χ3v) is 27.4. The molecule has 0 aliphatic rings. The maximum absolute atomic E-state index is 3.48. The van der Waals surface area contributed by atoms with E-state index in [9.17, 15) is 0 Å². The zero-order valence-corrected chi connectivity index (χ0v) is 42.0. The van der Waals surface area contributed by atoms with Gasteiger partial charge in [0.25, 0.3) is 0 Å². The fourth-order valence-corrected chi connectivity index (χ4v) is 24.5. The van der Waals surface area contributed by atoms with Gasteiger partial charge in [0.05, 0.1) is 0 Å². The second-order valence-electron chi connectivity index (χ2n) is 18.4. The molecule has 11 aromatic carbocycles. The van der Waals surface area contributed by atoms with E-state index in [1.165, 1.54) is 114 Å². The molecule has 0 saturated carbocycles. The second kappa shape index (κ2) is 16.6. The Kier molecular flexibility index (Phi) is 9.77. The molecule has 0 amide bonds. The van der Waals surface area contributed by atoms with Crippen LogP contribution in [0.5, 0.6) is 0 Å². The molecule has 0 bridgehead atoms. The predicted molar refractivity (Wildman–Crippen MR) is 302 cm³/mol. The Morgan fingerprint density at radius 1 is 0.271 bits per heavy atom. The van der Waals surface area contributed by atoms with Crippen LogP contribution >= 0.6 is 0 Å². The van der Waals surface area contributed by atoms with Crippen LogP contribution < -0.4 is 17.6 Å². The monoisotopic (exact) mass is 1020 g/mol. The second-order valence-corrected chi connectivity index (χ2v) is 28.5. The molecule has 0 radical (unpaired) electrons. The van der Waals surface area contributed by atoms with E-state index in [4.69, 9.17) is 0 Å². The molecule has 0 unspecified atom stereocenters. The normalized spacial score (nSPS) is 12.0. The van der Waals surface area contributed by atoms with Gasteiger partial charge >= 0.3 is 364 Å². The maximum atomic E-state index is 2.55. The zero-order valence-electron chi connectivity index (χ0n) is 38.2. The van der Waals surface area contributed by atoms with E-state index >= 15 is 0 Å². The third-order valence-electron chi connectivity index (χ3n) is 14.7. The summed E-state index contributed by atoms with van der Waals surface area (Å²) >= 11 is -3.43. The van der Waals surface area contributed by atoms with Gasteiger partial charge in [0.1, 0.15) is 0 Å². The van der Waals surface area contributed by atoms with Gasteiger partial charge in [-0.1, -0.05) is 30.3 Å². The molecule has 0 spiro atoms. The molecule has 328 valence electrons. The standard InChI is InChI=1S/C66H44GeN2Se/c1-5-21-48(22-6-1)67(49-23-7-2-8-24-49,50-25-9-3-10-26-50)51-27-17-20-47(42-51)53-32-18-33-56-57-34-19-37-64(66(57)70-65(53)56)69-61-36-16-14-31-55(61)59-44-46(39-41-63(59)69)45-38-40-62-58(43-45)54-30-13-15-35-60(54)68(62)52-28-11-4-12-29-52/h1-44H. The van der Waals surface area contributed by atoms with Crippen molar-refractivity contribution in [2.24, 2.45) is 0 Å². The van der Waals surface area contributed by atoms with Crippen LogP contribution in [0.3, 0.4) is 0 Å². The van der Waals surface area contributed by atoms with Crippen LogP contribution in [0.4, 0.5) is 0 Å². The van der Waals surface area contributed by atoms with Crippen LogP contribution in [-0.2, 0) is 0 Å². The van der Waals surface area contributed by atoms with Gasteiger partial charge in [0.15, 0.2) is 0 Å². The number of para-hydroxylation sites is 3. The first-order chi connectivity index (χ1) is 34.7. The van der Waals surface area contributed by atoms with Crippen LogP contribution in [0.1, 0.15) is 0 Å². The van der Waals surface area contributed by atoms with Gasteiger partial charge in [-0.05, 0) is 18.2 Å². The Labute approximate surface area is 415 Å². The van der Waals surface area contributed by atoms with Crippen LogP contribution in [0, 0.1) is 0 Å². The predicted octanol–water partition coefficient (Wildman–Crippen LogP) is 14.0. The Bertz CT molecular complexity index is 4190. The van der Waals surface area contributed by atoms with Crippen LogP contribution in [0.2, 0.25) is 0 Å². The minimum atomic E-state index is -3.48. The molecule has 0 N–H and O–H groups in total. The summed E-state index contributed by atoms with van der Waals surface area (Å²) < 4.78 is 13.6. The van der Waals surface area contributed by atoms with Crippen molar-refractivity contribution < 1.29 is 0 Å². The molecule has 0 aliphatic heterocycles.